The van der Waals surface area contributed by atoms with E-state index in [0.717, 1.165) is 29.5 Å². The smallest absolute Gasteiger partial charge is 0.122 e. The molecule has 1 aliphatic heterocycles. The molecule has 1 aliphatic carbocycles. The van der Waals surface area contributed by atoms with Gasteiger partial charge in [-0.25, -0.2) is 0 Å². The van der Waals surface area contributed by atoms with Gasteiger partial charge in [-0.1, -0.05) is 37.5 Å². The lowest BCUT2D eigenvalue weighted by Gasteiger charge is -2.41. The Hall–Kier alpha value is -1.02. The van der Waals surface area contributed by atoms with E-state index >= 15 is 0 Å². The molecule has 2 heteroatoms. The molecule has 104 valence electrons. The molecule has 2 unspecified atom stereocenters. The molecule has 2 aliphatic rings. The highest BCUT2D eigenvalue weighted by Crippen LogP contribution is 2.36. The Balaban J connectivity index is 1.66. The second-order valence-electron chi connectivity index (χ2n) is 6.41. The summed E-state index contributed by atoms with van der Waals surface area (Å²) in [6.07, 6.45) is 7.09. The van der Waals surface area contributed by atoms with Crippen LogP contribution < -0.4 is 0 Å². The van der Waals surface area contributed by atoms with Crippen LogP contribution >= 0.6 is 0 Å². The Bertz CT molecular complexity index is 443. The minimum atomic E-state index is 0.494. The van der Waals surface area contributed by atoms with E-state index in [-0.39, 0.29) is 0 Å². The maximum atomic E-state index is 10.1. The minimum Gasteiger partial charge on any atom is -0.507 e. The van der Waals surface area contributed by atoms with E-state index in [1.165, 1.54) is 45.2 Å². The van der Waals surface area contributed by atoms with E-state index in [1.807, 2.05) is 13.0 Å². The molecule has 0 spiro atoms. The number of aryl methyl sites for hydroxylation is 1. The summed E-state index contributed by atoms with van der Waals surface area (Å²) in [5.41, 5.74) is 2.08. The molecule has 1 aromatic rings. The van der Waals surface area contributed by atoms with Crippen LogP contribution in [0.2, 0.25) is 0 Å². The summed E-state index contributed by atoms with van der Waals surface area (Å²) < 4.78 is 0. The van der Waals surface area contributed by atoms with Gasteiger partial charge in [-0.2, -0.15) is 0 Å². The average Bonchev–Trinajstić information content (AvgIpc) is 2.44. The molecule has 0 aromatic heterocycles. The van der Waals surface area contributed by atoms with Gasteiger partial charge in [-0.05, 0) is 43.7 Å². The van der Waals surface area contributed by atoms with Gasteiger partial charge in [-0.3, -0.25) is 4.90 Å². The van der Waals surface area contributed by atoms with Crippen LogP contribution in [0.4, 0.5) is 0 Å². The maximum absolute atomic E-state index is 10.1. The van der Waals surface area contributed by atoms with Crippen LogP contribution in [0.3, 0.4) is 0 Å². The van der Waals surface area contributed by atoms with Gasteiger partial charge in [0.2, 0.25) is 0 Å². The molecule has 3 rings (SSSR count). The third kappa shape index (κ3) is 2.79. The summed E-state index contributed by atoms with van der Waals surface area (Å²) in [6, 6.07) is 6.10. The number of hydrogen-bond donors (Lipinski definition) is 1. The molecule has 1 saturated carbocycles. The molecular weight excluding hydrogens is 234 g/mol. The van der Waals surface area contributed by atoms with E-state index in [4.69, 9.17) is 0 Å². The Morgan fingerprint density at radius 3 is 2.79 bits per heavy atom. The summed E-state index contributed by atoms with van der Waals surface area (Å²) in [4.78, 5) is 2.54. The molecule has 0 amide bonds. The van der Waals surface area contributed by atoms with Gasteiger partial charge in [0, 0.05) is 18.7 Å². The van der Waals surface area contributed by atoms with E-state index in [2.05, 4.69) is 17.0 Å². The maximum Gasteiger partial charge on any atom is 0.122 e. The molecule has 1 N–H and O–H groups in total. The first kappa shape index (κ1) is 13.0. The number of rotatable bonds is 2. The predicted octanol–water partition coefficient (Wildman–Crippen LogP) is 3.71. The van der Waals surface area contributed by atoms with Crippen LogP contribution in [-0.4, -0.2) is 23.1 Å². The standard InChI is InChI=1S/C17H25NO/c1-13-5-4-8-16(17(13)19)12-18-10-9-14-6-2-3-7-15(14)11-18/h4-5,8,14-15,19H,2-3,6-7,9-12H2,1H3. The largest absolute Gasteiger partial charge is 0.507 e. The SMILES string of the molecule is Cc1cccc(CN2CCC3CCCCC3C2)c1O. The van der Waals surface area contributed by atoms with Gasteiger partial charge in [0.15, 0.2) is 0 Å². The van der Waals surface area contributed by atoms with Gasteiger partial charge in [0.25, 0.3) is 0 Å². The van der Waals surface area contributed by atoms with Gasteiger partial charge in [-0.15, -0.1) is 0 Å². The van der Waals surface area contributed by atoms with Gasteiger partial charge in [0.1, 0.15) is 5.75 Å². The molecule has 0 radical (unpaired) electrons. The lowest BCUT2D eigenvalue weighted by Crippen LogP contribution is -2.41. The molecule has 2 fully saturated rings. The lowest BCUT2D eigenvalue weighted by molar-refractivity contribution is 0.0815. The second-order valence-corrected chi connectivity index (χ2v) is 6.41. The number of phenolic OH excluding ortho intramolecular Hbond substituents is 1. The van der Waals surface area contributed by atoms with Crippen LogP contribution in [0, 0.1) is 18.8 Å². The average molecular weight is 259 g/mol. The van der Waals surface area contributed by atoms with Crippen molar-refractivity contribution in [1.29, 1.82) is 0 Å². The highest BCUT2D eigenvalue weighted by molar-refractivity contribution is 5.39. The van der Waals surface area contributed by atoms with Crippen LogP contribution in [0.15, 0.2) is 18.2 Å². The summed E-state index contributed by atoms with van der Waals surface area (Å²) in [5.74, 6) is 2.39. The van der Waals surface area contributed by atoms with E-state index in [0.29, 0.717) is 5.75 Å². The Kier molecular flexibility index (Phi) is 3.79. The first-order chi connectivity index (χ1) is 9.24. The zero-order chi connectivity index (χ0) is 13.2. The first-order valence-electron chi connectivity index (χ1n) is 7.74. The molecular formula is C17H25NO. The van der Waals surface area contributed by atoms with Crippen LogP contribution in [-0.2, 0) is 6.54 Å². The molecule has 2 nitrogen and oxygen atoms in total. The monoisotopic (exact) mass is 259 g/mol. The highest BCUT2D eigenvalue weighted by atomic mass is 16.3. The summed E-state index contributed by atoms with van der Waals surface area (Å²) in [6.45, 7) is 5.33. The van der Waals surface area contributed by atoms with Crippen molar-refractivity contribution < 1.29 is 5.11 Å². The number of phenols is 1. The number of para-hydroxylation sites is 1. The number of likely N-dealkylation sites (tertiary alicyclic amines) is 1. The van der Waals surface area contributed by atoms with Gasteiger partial charge in [0.05, 0.1) is 0 Å². The van der Waals surface area contributed by atoms with Crippen molar-refractivity contribution in [3.05, 3.63) is 29.3 Å². The third-order valence-corrected chi connectivity index (χ3v) is 5.09. The fourth-order valence-corrected chi connectivity index (χ4v) is 3.91. The van der Waals surface area contributed by atoms with Crippen molar-refractivity contribution in [3.63, 3.8) is 0 Å². The van der Waals surface area contributed by atoms with Crippen molar-refractivity contribution in [1.82, 2.24) is 4.90 Å². The van der Waals surface area contributed by atoms with Crippen molar-refractivity contribution in [2.75, 3.05) is 13.1 Å². The van der Waals surface area contributed by atoms with Crippen molar-refractivity contribution in [3.8, 4) is 5.75 Å². The van der Waals surface area contributed by atoms with Crippen molar-refractivity contribution in [2.24, 2.45) is 11.8 Å². The van der Waals surface area contributed by atoms with Crippen LogP contribution in [0.5, 0.6) is 5.75 Å². The molecule has 0 bridgehead atoms. The lowest BCUT2D eigenvalue weighted by atomic mass is 9.75. The van der Waals surface area contributed by atoms with Crippen molar-refractivity contribution >= 4 is 0 Å². The number of benzene rings is 1. The number of hydrogen-bond acceptors (Lipinski definition) is 2. The quantitative estimate of drug-likeness (QED) is 0.875. The van der Waals surface area contributed by atoms with Crippen LogP contribution in [0.25, 0.3) is 0 Å². The normalized spacial score (nSPS) is 28.1. The summed E-state index contributed by atoms with van der Waals surface area (Å²) in [7, 11) is 0. The number of piperidine rings is 1. The van der Waals surface area contributed by atoms with Crippen LogP contribution in [0.1, 0.15) is 43.2 Å². The molecule has 1 heterocycles. The zero-order valence-corrected chi connectivity index (χ0v) is 11.9. The van der Waals surface area contributed by atoms with E-state index in [1.54, 1.807) is 0 Å². The second kappa shape index (κ2) is 5.54. The van der Waals surface area contributed by atoms with Gasteiger partial charge < -0.3 is 5.11 Å². The summed E-state index contributed by atoms with van der Waals surface area (Å²) in [5, 5.41) is 10.1. The van der Waals surface area contributed by atoms with E-state index in [9.17, 15) is 5.11 Å². The molecule has 2 atom stereocenters. The fourth-order valence-electron chi connectivity index (χ4n) is 3.91. The Labute approximate surface area is 116 Å². The molecule has 1 saturated heterocycles. The van der Waals surface area contributed by atoms with Gasteiger partial charge >= 0.3 is 0 Å². The zero-order valence-electron chi connectivity index (χ0n) is 11.9. The topological polar surface area (TPSA) is 23.5 Å². The van der Waals surface area contributed by atoms with E-state index < -0.39 is 0 Å². The highest BCUT2D eigenvalue weighted by Gasteiger charge is 2.31. The Morgan fingerprint density at radius 1 is 1.16 bits per heavy atom. The third-order valence-electron chi connectivity index (χ3n) is 5.09. The number of aromatic hydroxyl groups is 1. The summed E-state index contributed by atoms with van der Waals surface area (Å²) >= 11 is 0. The fraction of sp³-hybridized carbons (Fsp3) is 0.647. The number of fused-ring (bicyclic) bond motifs is 1. The Morgan fingerprint density at radius 2 is 1.95 bits per heavy atom. The minimum absolute atomic E-state index is 0.494. The predicted molar refractivity (Wildman–Crippen MR) is 78.2 cm³/mol. The first-order valence-corrected chi connectivity index (χ1v) is 7.74. The number of nitrogens with zero attached hydrogens (tertiary/aromatic N) is 1. The van der Waals surface area contributed by atoms with Crippen molar-refractivity contribution in [2.45, 2.75) is 45.6 Å². The molecule has 1 aromatic carbocycles. The molecule has 19 heavy (non-hydrogen) atoms.